The van der Waals surface area contributed by atoms with Crippen LogP contribution in [-0.4, -0.2) is 0 Å². The van der Waals surface area contributed by atoms with Gasteiger partial charge in [0.2, 0.25) is 0 Å². The lowest BCUT2D eigenvalue weighted by molar-refractivity contribution is 0.681. The van der Waals surface area contributed by atoms with Gasteiger partial charge in [-0.3, -0.25) is 0 Å². The lowest BCUT2D eigenvalue weighted by Crippen LogP contribution is -1.96. The zero-order valence-corrected chi connectivity index (χ0v) is 7.97. The maximum Gasteiger partial charge on any atom is -0.0276 e. The van der Waals surface area contributed by atoms with Gasteiger partial charge in [-0.05, 0) is 37.7 Å². The summed E-state index contributed by atoms with van der Waals surface area (Å²) in [6, 6.07) is 0. The Morgan fingerprint density at radius 3 is 2.75 bits per heavy atom. The molecular weight excluding hydrogens is 144 g/mol. The van der Waals surface area contributed by atoms with Crippen molar-refractivity contribution in [1.82, 2.24) is 0 Å². The van der Waals surface area contributed by atoms with E-state index in [1.807, 2.05) is 0 Å². The van der Waals surface area contributed by atoms with Gasteiger partial charge >= 0.3 is 0 Å². The number of hydrogen-bond acceptors (Lipinski definition) is 0. The van der Waals surface area contributed by atoms with Gasteiger partial charge in [0.1, 0.15) is 0 Å². The summed E-state index contributed by atoms with van der Waals surface area (Å²) < 4.78 is 0. The molecule has 1 saturated carbocycles. The monoisotopic (exact) mass is 162 g/mol. The van der Waals surface area contributed by atoms with Crippen LogP contribution in [0.5, 0.6) is 0 Å². The number of rotatable bonds is 2. The van der Waals surface area contributed by atoms with Gasteiger partial charge in [0.25, 0.3) is 0 Å². The Morgan fingerprint density at radius 1 is 1.33 bits per heavy atom. The van der Waals surface area contributed by atoms with Crippen molar-refractivity contribution in [2.75, 3.05) is 0 Å². The molecule has 0 amide bonds. The summed E-state index contributed by atoms with van der Waals surface area (Å²) in [4.78, 5) is 0. The summed E-state index contributed by atoms with van der Waals surface area (Å²) in [5.74, 6) is 0. The van der Waals surface area contributed by atoms with E-state index in [4.69, 9.17) is 0 Å². The first kappa shape index (κ1) is 9.31. The van der Waals surface area contributed by atoms with Crippen LogP contribution in [0.1, 0.15) is 39.0 Å². The molecule has 1 rings (SSSR count). The van der Waals surface area contributed by atoms with E-state index in [1.54, 1.807) is 0 Å². The number of hydrogen-bond donors (Lipinski definition) is 0. The summed E-state index contributed by atoms with van der Waals surface area (Å²) >= 11 is 0. The minimum Gasteiger partial charge on any atom is -0.0956 e. The average Bonchev–Trinajstić information content (AvgIpc) is 2.09. The minimum absolute atomic E-state index is 1.12. The molecule has 0 aromatic heterocycles. The Kier molecular flexibility index (Phi) is 3.86. The van der Waals surface area contributed by atoms with Crippen LogP contribution < -0.4 is 0 Å². The Labute approximate surface area is 75.7 Å². The van der Waals surface area contributed by atoms with Crippen molar-refractivity contribution >= 4 is 0 Å². The molecule has 1 fully saturated rings. The van der Waals surface area contributed by atoms with E-state index in [0.717, 1.165) is 6.42 Å². The van der Waals surface area contributed by atoms with Crippen LogP contribution >= 0.6 is 0 Å². The van der Waals surface area contributed by atoms with Crippen molar-refractivity contribution in [1.29, 1.82) is 0 Å². The van der Waals surface area contributed by atoms with Crippen LogP contribution in [0.15, 0.2) is 36.0 Å². The molecule has 0 saturated heterocycles. The Hall–Kier alpha value is -0.780. The highest BCUT2D eigenvalue weighted by atomic mass is 14.1. The normalized spacial score (nSPS) is 22.4. The van der Waals surface area contributed by atoms with Crippen LogP contribution in [0.3, 0.4) is 0 Å². The molecule has 1 aliphatic carbocycles. The first-order chi connectivity index (χ1) is 5.84. The summed E-state index contributed by atoms with van der Waals surface area (Å²) in [6.45, 7) is 6.23. The Bertz CT molecular complexity index is 206. The first-order valence-electron chi connectivity index (χ1n) is 4.88. The molecule has 12 heavy (non-hydrogen) atoms. The molecule has 1 aliphatic rings. The molecule has 0 bridgehead atoms. The number of allylic oxidation sites excluding steroid dienone is 5. The molecule has 0 aromatic carbocycles. The van der Waals surface area contributed by atoms with Crippen LogP contribution in [0.4, 0.5) is 0 Å². The molecule has 0 heteroatoms. The molecule has 0 radical (unpaired) electrons. The molecule has 0 aromatic rings. The third-order valence-corrected chi connectivity index (χ3v) is 2.30. The smallest absolute Gasteiger partial charge is 0.0276 e. The van der Waals surface area contributed by atoms with Gasteiger partial charge in [0.15, 0.2) is 0 Å². The quantitative estimate of drug-likeness (QED) is 0.575. The third kappa shape index (κ3) is 2.69. The zero-order chi connectivity index (χ0) is 8.81. The SMILES string of the molecule is C=C1CCCC/C1=C/C=C\CC. The van der Waals surface area contributed by atoms with Crippen molar-refractivity contribution in [3.63, 3.8) is 0 Å². The summed E-state index contributed by atoms with van der Waals surface area (Å²) in [5.41, 5.74) is 2.81. The van der Waals surface area contributed by atoms with Crippen molar-refractivity contribution in [2.24, 2.45) is 0 Å². The van der Waals surface area contributed by atoms with Gasteiger partial charge in [-0.2, -0.15) is 0 Å². The zero-order valence-electron chi connectivity index (χ0n) is 7.97. The predicted molar refractivity (Wildman–Crippen MR) is 55.1 cm³/mol. The maximum atomic E-state index is 4.07. The molecule has 0 heterocycles. The fourth-order valence-corrected chi connectivity index (χ4v) is 1.51. The van der Waals surface area contributed by atoms with E-state index in [9.17, 15) is 0 Å². The third-order valence-electron chi connectivity index (χ3n) is 2.30. The van der Waals surface area contributed by atoms with Crippen LogP contribution in [0, 0.1) is 0 Å². The molecule has 0 atom stereocenters. The van der Waals surface area contributed by atoms with Gasteiger partial charge < -0.3 is 0 Å². The minimum atomic E-state index is 1.12. The molecule has 66 valence electrons. The standard InChI is InChI=1S/C12H18/c1-3-4-5-9-12-10-7-6-8-11(12)2/h4-5,9H,2-3,6-8,10H2,1H3/b5-4-,12-9-. The lowest BCUT2D eigenvalue weighted by atomic mass is 9.90. The van der Waals surface area contributed by atoms with Crippen molar-refractivity contribution in [2.45, 2.75) is 39.0 Å². The highest BCUT2D eigenvalue weighted by Crippen LogP contribution is 2.26. The van der Waals surface area contributed by atoms with Crippen LogP contribution in [0.2, 0.25) is 0 Å². The lowest BCUT2D eigenvalue weighted by Gasteiger charge is -2.15. The van der Waals surface area contributed by atoms with E-state index in [2.05, 4.69) is 31.7 Å². The molecule has 0 nitrogen and oxygen atoms in total. The summed E-state index contributed by atoms with van der Waals surface area (Å²) in [5, 5.41) is 0. The first-order valence-corrected chi connectivity index (χ1v) is 4.88. The average molecular weight is 162 g/mol. The van der Waals surface area contributed by atoms with E-state index in [0.29, 0.717) is 0 Å². The van der Waals surface area contributed by atoms with E-state index < -0.39 is 0 Å². The van der Waals surface area contributed by atoms with Crippen molar-refractivity contribution < 1.29 is 0 Å². The van der Waals surface area contributed by atoms with Crippen molar-refractivity contribution in [3.05, 3.63) is 36.0 Å². The highest BCUT2D eigenvalue weighted by Gasteiger charge is 2.07. The Morgan fingerprint density at radius 2 is 2.08 bits per heavy atom. The van der Waals surface area contributed by atoms with Gasteiger partial charge in [-0.15, -0.1) is 0 Å². The van der Waals surface area contributed by atoms with Gasteiger partial charge in [-0.25, -0.2) is 0 Å². The largest absolute Gasteiger partial charge is 0.0956 e. The van der Waals surface area contributed by atoms with E-state index >= 15 is 0 Å². The summed E-state index contributed by atoms with van der Waals surface area (Å²) in [7, 11) is 0. The maximum absolute atomic E-state index is 4.07. The Balaban J connectivity index is 2.53. The highest BCUT2D eigenvalue weighted by molar-refractivity contribution is 5.32. The van der Waals surface area contributed by atoms with E-state index in [1.165, 1.54) is 36.8 Å². The second-order valence-corrected chi connectivity index (χ2v) is 3.34. The van der Waals surface area contributed by atoms with E-state index in [-0.39, 0.29) is 0 Å². The van der Waals surface area contributed by atoms with Gasteiger partial charge in [0.05, 0.1) is 0 Å². The molecule has 0 N–H and O–H groups in total. The van der Waals surface area contributed by atoms with Crippen LogP contribution in [0.25, 0.3) is 0 Å². The molecule has 0 aliphatic heterocycles. The molecule has 0 spiro atoms. The van der Waals surface area contributed by atoms with Gasteiger partial charge in [-0.1, -0.05) is 37.3 Å². The van der Waals surface area contributed by atoms with Crippen LogP contribution in [-0.2, 0) is 0 Å². The molecule has 0 unspecified atom stereocenters. The van der Waals surface area contributed by atoms with Gasteiger partial charge in [0, 0.05) is 0 Å². The van der Waals surface area contributed by atoms with Crippen molar-refractivity contribution in [3.8, 4) is 0 Å². The topological polar surface area (TPSA) is 0 Å². The second-order valence-electron chi connectivity index (χ2n) is 3.34. The fourth-order valence-electron chi connectivity index (χ4n) is 1.51. The molecular formula is C12H18. The predicted octanol–water partition coefficient (Wildman–Crippen LogP) is 4.01. The summed E-state index contributed by atoms with van der Waals surface area (Å²) in [6.07, 6.45) is 12.8. The second kappa shape index (κ2) is 4.97. The fraction of sp³-hybridized carbons (Fsp3) is 0.500.